The third-order valence-corrected chi connectivity index (χ3v) is 4.89. The van der Waals surface area contributed by atoms with Crippen LogP contribution in [0, 0.1) is 27.7 Å². The molecule has 1 N–H and O–H groups in total. The van der Waals surface area contributed by atoms with Crippen LogP contribution in [0.5, 0.6) is 5.75 Å². The van der Waals surface area contributed by atoms with E-state index in [0.717, 1.165) is 42.8 Å². The van der Waals surface area contributed by atoms with Crippen molar-refractivity contribution in [2.75, 3.05) is 26.7 Å². The zero-order valence-corrected chi connectivity index (χ0v) is 14.5. The summed E-state index contributed by atoms with van der Waals surface area (Å²) < 4.78 is 5.90. The molecule has 4 nitrogen and oxygen atoms in total. The maximum absolute atomic E-state index is 12.4. The quantitative estimate of drug-likeness (QED) is 0.929. The smallest absolute Gasteiger partial charge is 0.260 e. The molecule has 122 valence electrons. The van der Waals surface area contributed by atoms with Gasteiger partial charge in [0.15, 0.2) is 6.61 Å². The number of carbonyl (C=O) groups excluding carboxylic acids is 1. The SMILES string of the molecule is Cc1cc(C)c(C)c(OCC(=O)N(C)C2CCNCC2)c1C. The summed E-state index contributed by atoms with van der Waals surface area (Å²) in [6, 6.07) is 2.50. The van der Waals surface area contributed by atoms with E-state index in [1.165, 1.54) is 11.1 Å². The van der Waals surface area contributed by atoms with Gasteiger partial charge in [-0.05, 0) is 75.9 Å². The highest BCUT2D eigenvalue weighted by molar-refractivity contribution is 5.78. The molecule has 0 atom stereocenters. The number of aryl methyl sites for hydroxylation is 2. The second-order valence-corrected chi connectivity index (χ2v) is 6.36. The molecule has 1 saturated heterocycles. The van der Waals surface area contributed by atoms with Gasteiger partial charge in [-0.25, -0.2) is 0 Å². The van der Waals surface area contributed by atoms with Gasteiger partial charge in [0, 0.05) is 13.1 Å². The van der Waals surface area contributed by atoms with Crippen LogP contribution in [0.1, 0.15) is 35.1 Å². The summed E-state index contributed by atoms with van der Waals surface area (Å²) in [5.41, 5.74) is 4.66. The summed E-state index contributed by atoms with van der Waals surface area (Å²) in [7, 11) is 1.89. The fourth-order valence-corrected chi connectivity index (χ4v) is 3.03. The van der Waals surface area contributed by atoms with Gasteiger partial charge in [0.1, 0.15) is 5.75 Å². The van der Waals surface area contributed by atoms with E-state index in [9.17, 15) is 4.79 Å². The Balaban J connectivity index is 2.02. The third kappa shape index (κ3) is 3.61. The lowest BCUT2D eigenvalue weighted by molar-refractivity contribution is -0.134. The lowest BCUT2D eigenvalue weighted by Crippen LogP contribution is -2.45. The number of hydrogen-bond donors (Lipinski definition) is 1. The summed E-state index contributed by atoms with van der Waals surface area (Å²) in [4.78, 5) is 14.2. The minimum Gasteiger partial charge on any atom is -0.483 e. The molecular formula is C18H28N2O2. The molecule has 1 fully saturated rings. The largest absolute Gasteiger partial charge is 0.483 e. The Morgan fingerprint density at radius 3 is 2.27 bits per heavy atom. The lowest BCUT2D eigenvalue weighted by atomic mass is 10.0. The highest BCUT2D eigenvalue weighted by Crippen LogP contribution is 2.28. The number of nitrogens with one attached hydrogen (secondary N) is 1. The Morgan fingerprint density at radius 1 is 1.18 bits per heavy atom. The number of carbonyl (C=O) groups is 1. The first-order valence-corrected chi connectivity index (χ1v) is 8.08. The number of piperidine rings is 1. The van der Waals surface area contributed by atoms with Gasteiger partial charge in [-0.3, -0.25) is 4.79 Å². The van der Waals surface area contributed by atoms with E-state index in [1.807, 2.05) is 11.9 Å². The third-order valence-electron chi connectivity index (χ3n) is 4.89. The predicted octanol–water partition coefficient (Wildman–Crippen LogP) is 2.51. The van der Waals surface area contributed by atoms with Gasteiger partial charge < -0.3 is 15.0 Å². The van der Waals surface area contributed by atoms with E-state index in [2.05, 4.69) is 39.1 Å². The average Bonchev–Trinajstić information content (AvgIpc) is 2.53. The van der Waals surface area contributed by atoms with Crippen molar-refractivity contribution in [1.82, 2.24) is 10.2 Å². The molecular weight excluding hydrogens is 276 g/mol. The molecule has 1 amide bonds. The van der Waals surface area contributed by atoms with Gasteiger partial charge in [0.2, 0.25) is 0 Å². The molecule has 0 saturated carbocycles. The van der Waals surface area contributed by atoms with Gasteiger partial charge in [0.05, 0.1) is 0 Å². The number of benzene rings is 1. The normalized spacial score (nSPS) is 15.7. The zero-order chi connectivity index (χ0) is 16.3. The monoisotopic (exact) mass is 304 g/mol. The van der Waals surface area contributed by atoms with Crippen LogP contribution < -0.4 is 10.1 Å². The average molecular weight is 304 g/mol. The van der Waals surface area contributed by atoms with Crippen LogP contribution >= 0.6 is 0 Å². The molecule has 1 aliphatic heterocycles. The molecule has 2 rings (SSSR count). The molecule has 0 unspecified atom stereocenters. The molecule has 1 aromatic carbocycles. The number of ether oxygens (including phenoxy) is 1. The van der Waals surface area contributed by atoms with Crippen LogP contribution in [0.4, 0.5) is 0 Å². The summed E-state index contributed by atoms with van der Waals surface area (Å²) in [5.74, 6) is 0.925. The van der Waals surface area contributed by atoms with E-state index in [0.29, 0.717) is 6.04 Å². The molecule has 22 heavy (non-hydrogen) atoms. The Kier molecular flexibility index (Phi) is 5.46. The molecule has 0 bridgehead atoms. The fraction of sp³-hybridized carbons (Fsp3) is 0.611. The standard InChI is InChI=1S/C18H28N2O2/c1-12-10-13(2)15(4)18(14(12)3)22-11-17(21)20(5)16-6-8-19-9-7-16/h10,16,19H,6-9,11H2,1-5H3. The fourth-order valence-electron chi connectivity index (χ4n) is 3.03. The van der Waals surface area contributed by atoms with Crippen molar-refractivity contribution in [3.63, 3.8) is 0 Å². The van der Waals surface area contributed by atoms with Crippen molar-refractivity contribution in [3.05, 3.63) is 28.3 Å². The van der Waals surface area contributed by atoms with Crippen LogP contribution in [0.3, 0.4) is 0 Å². The van der Waals surface area contributed by atoms with E-state index < -0.39 is 0 Å². The Hall–Kier alpha value is -1.55. The van der Waals surface area contributed by atoms with Crippen molar-refractivity contribution in [3.8, 4) is 5.75 Å². The minimum atomic E-state index is 0.0601. The first-order chi connectivity index (χ1) is 10.4. The topological polar surface area (TPSA) is 41.6 Å². The van der Waals surface area contributed by atoms with E-state index in [-0.39, 0.29) is 12.5 Å². The molecule has 0 spiro atoms. The van der Waals surface area contributed by atoms with Crippen LogP contribution in [0.15, 0.2) is 6.07 Å². The van der Waals surface area contributed by atoms with Gasteiger partial charge in [-0.2, -0.15) is 0 Å². The minimum absolute atomic E-state index is 0.0601. The maximum Gasteiger partial charge on any atom is 0.260 e. The van der Waals surface area contributed by atoms with Crippen LogP contribution in [-0.4, -0.2) is 43.6 Å². The summed E-state index contributed by atoms with van der Waals surface area (Å²) in [5, 5.41) is 3.32. The Bertz CT molecular complexity index is 522. The number of hydrogen-bond acceptors (Lipinski definition) is 3. The van der Waals surface area contributed by atoms with Crippen molar-refractivity contribution in [1.29, 1.82) is 0 Å². The molecule has 1 aromatic rings. The van der Waals surface area contributed by atoms with Gasteiger partial charge >= 0.3 is 0 Å². The number of rotatable bonds is 4. The van der Waals surface area contributed by atoms with Crippen molar-refractivity contribution < 1.29 is 9.53 Å². The van der Waals surface area contributed by atoms with Crippen molar-refractivity contribution >= 4 is 5.91 Å². The summed E-state index contributed by atoms with van der Waals surface area (Å²) in [6.45, 7) is 10.4. The van der Waals surface area contributed by atoms with Gasteiger partial charge in [-0.15, -0.1) is 0 Å². The Morgan fingerprint density at radius 2 is 1.73 bits per heavy atom. The first kappa shape index (κ1) is 16.8. The zero-order valence-electron chi connectivity index (χ0n) is 14.5. The predicted molar refractivity (Wildman–Crippen MR) is 89.5 cm³/mol. The van der Waals surface area contributed by atoms with Crippen LogP contribution in [0.25, 0.3) is 0 Å². The second kappa shape index (κ2) is 7.14. The molecule has 0 aromatic heterocycles. The van der Waals surface area contributed by atoms with E-state index in [4.69, 9.17) is 4.74 Å². The highest BCUT2D eigenvalue weighted by atomic mass is 16.5. The molecule has 0 radical (unpaired) electrons. The molecule has 1 heterocycles. The molecule has 1 aliphatic rings. The molecule has 0 aliphatic carbocycles. The number of likely N-dealkylation sites (N-methyl/N-ethyl adjacent to an activating group) is 1. The highest BCUT2D eigenvalue weighted by Gasteiger charge is 2.22. The van der Waals surface area contributed by atoms with Gasteiger partial charge in [-0.1, -0.05) is 6.07 Å². The van der Waals surface area contributed by atoms with Crippen LogP contribution in [0.2, 0.25) is 0 Å². The summed E-state index contributed by atoms with van der Waals surface area (Å²) in [6.07, 6.45) is 2.04. The lowest BCUT2D eigenvalue weighted by Gasteiger charge is -2.31. The summed E-state index contributed by atoms with van der Waals surface area (Å²) >= 11 is 0. The van der Waals surface area contributed by atoms with Crippen molar-refractivity contribution in [2.24, 2.45) is 0 Å². The first-order valence-electron chi connectivity index (χ1n) is 8.08. The van der Waals surface area contributed by atoms with E-state index >= 15 is 0 Å². The molecule has 4 heteroatoms. The number of amides is 1. The number of nitrogens with zero attached hydrogens (tertiary/aromatic N) is 1. The maximum atomic E-state index is 12.4. The Labute approximate surface area is 133 Å². The van der Waals surface area contributed by atoms with E-state index in [1.54, 1.807) is 0 Å². The van der Waals surface area contributed by atoms with Gasteiger partial charge in [0.25, 0.3) is 5.91 Å². The second-order valence-electron chi connectivity index (χ2n) is 6.36. The van der Waals surface area contributed by atoms with Crippen LogP contribution in [-0.2, 0) is 4.79 Å². The van der Waals surface area contributed by atoms with Crippen molar-refractivity contribution in [2.45, 2.75) is 46.6 Å².